The molecular formula is C58H76N15O22S3-. The molecule has 6 amide bonds. The number of nitrogens with zero attached hydrogens (tertiary/aromatic N) is 6. The summed E-state index contributed by atoms with van der Waals surface area (Å²) in [6, 6.07) is 8.04. The normalized spacial score (nSPS) is 12.5. The van der Waals surface area contributed by atoms with Gasteiger partial charge in [0.2, 0.25) is 45.7 Å². The number of aliphatic carboxylic acids is 3. The number of ketones is 2. The lowest BCUT2D eigenvalue weighted by molar-refractivity contribution is -0.193. The molecule has 2 aromatic heterocycles. The van der Waals surface area contributed by atoms with E-state index in [1.807, 2.05) is 11.6 Å². The summed E-state index contributed by atoms with van der Waals surface area (Å²) in [5, 5.41) is 79.4. The Balaban J connectivity index is 0.00000524. The molecule has 0 radical (unpaired) electrons. The summed E-state index contributed by atoms with van der Waals surface area (Å²) in [5.41, 5.74) is 12.3. The Morgan fingerprint density at radius 3 is 1.69 bits per heavy atom. The number of thiol groups is 1. The van der Waals surface area contributed by atoms with Crippen LogP contribution in [0.25, 0.3) is 0 Å². The standard InChI is InChI=1S/C56H77N15O18S3.2CO2/c1-56(34-10-14-37(72)15-11-34,35-12-16-38(73)17-13-35)21-18-44(76)59-23-19-45(77)60-24-20-47(79)62-39(8-2-3-25-71-30-36(66-70-71)7-4-9-46(78)65-54-67-68-55(91-54)69-92(88)89)51(85)64-41(29-49(82)83)42(74)26-32(6-5-22-61-53(57)58)50(84)63-40(28-48(80)81)43(75)27-33(31-90)52(86)87;2*2-1-3/h10-17,30,32-33,39-41,72-73,90H,2-9,18-29,31H2,1H3,(H,59,76)(H,60,77)(H,62,79)(H,63,84)(H,64,85)(H,68,69)(H,80,81)(H,82,83)(H,86,87)(H,88,89)(H4,57,58,61)(H,65,67,78);;/p-1/t32-,33+,39+,40+,41+;;/m1../s1. The zero-order valence-electron chi connectivity index (χ0n) is 52.7. The Labute approximate surface area is 570 Å². The van der Waals surface area contributed by atoms with Gasteiger partial charge < -0.3 is 73.5 Å². The van der Waals surface area contributed by atoms with Crippen LogP contribution in [-0.2, 0) is 102 Å². The lowest BCUT2D eigenvalue weighted by atomic mass is 9.73. The fraction of sp³-hybridized carbons (Fsp3) is 0.483. The van der Waals surface area contributed by atoms with E-state index in [1.165, 1.54) is 28.9 Å². The molecule has 40 heteroatoms. The topological polar surface area (TPSA) is 602 Å². The van der Waals surface area contributed by atoms with Crippen LogP contribution >= 0.6 is 24.0 Å². The fourth-order valence-corrected chi connectivity index (χ4v) is 10.6. The lowest BCUT2D eigenvalue weighted by Crippen LogP contribution is -2.53. The van der Waals surface area contributed by atoms with E-state index in [0.29, 0.717) is 31.4 Å². The summed E-state index contributed by atoms with van der Waals surface area (Å²) in [7, 11) is 0. The second-order valence-electron chi connectivity index (χ2n) is 21.6. The number of unbranched alkanes of at least 4 members (excludes halogenated alkanes) is 1. The number of Topliss-reactive ketones (excluding diaryl/α,β-unsaturated/α-hetero) is 2. The SMILES string of the molecule is CC(CCC(=O)NCCC(=O)NCCC(=O)N[C@@H](CCCCn1cc(CCCC(=O)Nc2nnc(NS(=O)[O-])s2)nn1)C(=O)N[C@@H](CC(=O)O)C(=O)C[C@@H](CCCN=C(N)N)C(=O)N[C@@H](CC(=O)O)C(=O)C[C@@H](CS)C(=O)O)(c1ccc(O)cc1)c1ccc(O)cc1.O=C=O.O=C=O. The molecule has 0 aliphatic heterocycles. The van der Waals surface area contributed by atoms with Gasteiger partial charge in [-0.2, -0.15) is 31.8 Å². The van der Waals surface area contributed by atoms with Crippen molar-refractivity contribution >= 4 is 129 Å². The van der Waals surface area contributed by atoms with Crippen molar-refractivity contribution in [1.82, 2.24) is 51.8 Å². The number of benzene rings is 2. The molecule has 0 saturated heterocycles. The van der Waals surface area contributed by atoms with Crippen molar-refractivity contribution in [3.63, 3.8) is 0 Å². The van der Waals surface area contributed by atoms with Crippen molar-refractivity contribution in [3.05, 3.63) is 71.5 Å². The van der Waals surface area contributed by atoms with Crippen molar-refractivity contribution in [1.29, 1.82) is 0 Å². The van der Waals surface area contributed by atoms with E-state index in [0.717, 1.165) is 22.5 Å². The second-order valence-corrected chi connectivity index (χ2v) is 23.6. The number of amides is 6. The molecule has 2 aromatic carbocycles. The van der Waals surface area contributed by atoms with Crippen LogP contribution in [-0.4, -0.2) is 186 Å². The minimum absolute atomic E-state index is 0.0232. The van der Waals surface area contributed by atoms with Gasteiger partial charge in [-0.05, 0) is 86.8 Å². The summed E-state index contributed by atoms with van der Waals surface area (Å²) >= 11 is 2.13. The van der Waals surface area contributed by atoms with Crippen molar-refractivity contribution in [2.45, 2.75) is 140 Å². The van der Waals surface area contributed by atoms with Crippen LogP contribution in [0, 0.1) is 11.8 Å². The molecule has 0 bridgehead atoms. The second kappa shape index (κ2) is 45.1. The average molecular weight is 1430 g/mol. The Hall–Kier alpha value is -10.4. The summed E-state index contributed by atoms with van der Waals surface area (Å²) in [6.45, 7) is 1.79. The molecule has 534 valence electrons. The van der Waals surface area contributed by atoms with Crippen molar-refractivity contribution in [2.75, 3.05) is 35.4 Å². The summed E-state index contributed by atoms with van der Waals surface area (Å²) in [4.78, 5) is 179. The molecule has 16 N–H and O–H groups in total. The van der Waals surface area contributed by atoms with E-state index in [-0.39, 0.29) is 129 Å². The zero-order valence-corrected chi connectivity index (χ0v) is 55.2. The smallest absolute Gasteiger partial charge is 0.373 e. The number of aliphatic imine (C=N–C) groups is 1. The summed E-state index contributed by atoms with van der Waals surface area (Å²) < 4.78 is 25.2. The van der Waals surface area contributed by atoms with Crippen LogP contribution in [0.1, 0.15) is 120 Å². The minimum Gasteiger partial charge on any atom is -0.755 e. The molecule has 4 aromatic rings. The molecule has 0 aliphatic carbocycles. The Morgan fingerprint density at radius 1 is 0.653 bits per heavy atom. The fourth-order valence-electron chi connectivity index (χ4n) is 9.28. The molecule has 0 spiro atoms. The predicted octanol–water partition coefficient (Wildman–Crippen LogP) is -0.867. The number of aromatic nitrogens is 5. The first-order chi connectivity index (χ1) is 46.5. The predicted molar refractivity (Wildman–Crippen MR) is 343 cm³/mol. The number of carboxylic acid groups (broad SMARTS) is 3. The highest BCUT2D eigenvalue weighted by molar-refractivity contribution is 7.80. The van der Waals surface area contributed by atoms with Crippen LogP contribution in [0.3, 0.4) is 0 Å². The number of rotatable bonds is 44. The minimum atomic E-state index is -2.62. The molecule has 0 saturated carbocycles. The summed E-state index contributed by atoms with van der Waals surface area (Å²) in [6.07, 6.45) is -0.617. The van der Waals surface area contributed by atoms with Crippen LogP contribution in [0.2, 0.25) is 0 Å². The van der Waals surface area contributed by atoms with Crippen LogP contribution in [0.4, 0.5) is 10.3 Å². The molecule has 98 heavy (non-hydrogen) atoms. The molecule has 1 unspecified atom stereocenters. The van der Waals surface area contributed by atoms with Gasteiger partial charge in [0.05, 0.1) is 36.5 Å². The van der Waals surface area contributed by atoms with Gasteiger partial charge in [-0.1, -0.05) is 47.7 Å². The highest BCUT2D eigenvalue weighted by Crippen LogP contribution is 2.38. The van der Waals surface area contributed by atoms with Crippen LogP contribution < -0.4 is 48.1 Å². The number of phenolic OH excluding ortho intramolecular Hbond substituents is 2. The van der Waals surface area contributed by atoms with Gasteiger partial charge in [0.15, 0.2) is 17.5 Å². The highest BCUT2D eigenvalue weighted by atomic mass is 32.2. The van der Waals surface area contributed by atoms with Gasteiger partial charge in [-0.3, -0.25) is 71.3 Å². The number of nitrogens with one attached hydrogen (secondary N) is 7. The van der Waals surface area contributed by atoms with Gasteiger partial charge in [0.1, 0.15) is 17.5 Å². The number of carboxylic acids is 3. The average Bonchev–Trinajstić information content (AvgIpc) is 0.844. The summed E-state index contributed by atoms with van der Waals surface area (Å²) in [5.74, 6) is -13.9. The number of hydrogen-bond acceptors (Lipinski definition) is 26. The van der Waals surface area contributed by atoms with Gasteiger partial charge in [-0.15, -0.1) is 15.3 Å². The zero-order chi connectivity index (χ0) is 73.3. The third kappa shape index (κ3) is 33.3. The van der Waals surface area contributed by atoms with E-state index >= 15 is 0 Å². The number of carbonyl (C=O) groups excluding carboxylic acids is 12. The molecular weight excluding hydrogens is 1350 g/mol. The maximum absolute atomic E-state index is 14.2. The largest absolute Gasteiger partial charge is 0.755 e. The van der Waals surface area contributed by atoms with Crippen molar-refractivity contribution < 1.29 is 106 Å². The van der Waals surface area contributed by atoms with E-state index in [2.05, 4.69) is 70.0 Å². The van der Waals surface area contributed by atoms with E-state index < -0.39 is 131 Å². The van der Waals surface area contributed by atoms with E-state index in [9.17, 15) is 87.0 Å². The number of phenols is 2. The van der Waals surface area contributed by atoms with Crippen LogP contribution in [0.5, 0.6) is 11.5 Å². The number of hydrogen-bond donors (Lipinski definition) is 15. The number of carbonyl (C=O) groups is 11. The quantitative estimate of drug-likeness (QED) is 0.00842. The monoisotopic (exact) mass is 1430 g/mol. The first-order valence-electron chi connectivity index (χ1n) is 29.7. The maximum Gasteiger partial charge on any atom is 0.373 e. The number of anilines is 2. The Kier molecular flexibility index (Phi) is 38.5. The lowest BCUT2D eigenvalue weighted by Gasteiger charge is -2.31. The molecule has 4 rings (SSSR count). The third-order valence-electron chi connectivity index (χ3n) is 14.3. The number of aromatic hydroxyl groups is 2. The molecule has 6 atom stereocenters. The third-order valence-corrected chi connectivity index (χ3v) is 15.9. The number of aryl methyl sites for hydroxylation is 2. The first-order valence-corrected chi connectivity index (χ1v) is 32.3. The Morgan fingerprint density at radius 2 is 1.17 bits per heavy atom. The molecule has 2 heterocycles. The highest BCUT2D eigenvalue weighted by Gasteiger charge is 2.35. The van der Waals surface area contributed by atoms with E-state index in [1.54, 1.807) is 30.5 Å². The molecule has 37 nitrogen and oxygen atoms in total. The molecule has 0 fully saturated rings. The Bertz CT molecular complexity index is 3390. The van der Waals surface area contributed by atoms with Gasteiger partial charge >= 0.3 is 30.2 Å². The molecule has 0 aliphatic rings. The van der Waals surface area contributed by atoms with E-state index in [4.69, 9.17) is 30.6 Å². The van der Waals surface area contributed by atoms with Gasteiger partial charge in [0, 0.05) is 99.3 Å². The number of guanidine groups is 1. The van der Waals surface area contributed by atoms with Crippen molar-refractivity contribution in [2.24, 2.45) is 28.3 Å². The maximum atomic E-state index is 14.2. The van der Waals surface area contributed by atoms with Crippen molar-refractivity contribution in [3.8, 4) is 11.5 Å². The first kappa shape index (κ1) is 83.7. The van der Waals surface area contributed by atoms with Crippen LogP contribution in [0.15, 0.2) is 59.7 Å². The van der Waals surface area contributed by atoms with Gasteiger partial charge in [-0.25, -0.2) is 0 Å². The van der Waals surface area contributed by atoms with Gasteiger partial charge in [0.25, 0.3) is 0 Å². The number of nitrogens with two attached hydrogens (primary N) is 2.